The lowest BCUT2D eigenvalue weighted by atomic mass is 10.1. The van der Waals surface area contributed by atoms with Crippen LogP contribution in [0.2, 0.25) is 0 Å². The van der Waals surface area contributed by atoms with E-state index in [9.17, 15) is 9.59 Å². The topological polar surface area (TPSA) is 79.1 Å². The van der Waals surface area contributed by atoms with Gasteiger partial charge in [-0.25, -0.2) is 0 Å². The van der Waals surface area contributed by atoms with Gasteiger partial charge in [0.1, 0.15) is 18.0 Å². The molecule has 8 heteroatoms. The van der Waals surface area contributed by atoms with Crippen LogP contribution in [0.3, 0.4) is 0 Å². The van der Waals surface area contributed by atoms with Crippen LogP contribution in [0, 0.1) is 0 Å². The second kappa shape index (κ2) is 9.38. The number of esters is 1. The van der Waals surface area contributed by atoms with E-state index in [4.69, 9.17) is 14.2 Å². The number of nitrogens with zero attached hydrogens (tertiary/aromatic N) is 2. The number of thiazole rings is 1. The van der Waals surface area contributed by atoms with Crippen molar-refractivity contribution in [2.24, 2.45) is 4.99 Å². The highest BCUT2D eigenvalue weighted by Crippen LogP contribution is 2.23. The molecular formula is C21H22N2O5S. The molecule has 0 spiro atoms. The number of carbonyl (C=O) groups excluding carboxylic acids is 2. The smallest absolute Gasteiger partial charge is 0.326 e. The minimum Gasteiger partial charge on any atom is -0.497 e. The maximum Gasteiger partial charge on any atom is 0.326 e. The van der Waals surface area contributed by atoms with Crippen LogP contribution in [-0.2, 0) is 27.3 Å². The van der Waals surface area contributed by atoms with Gasteiger partial charge in [0.2, 0.25) is 0 Å². The van der Waals surface area contributed by atoms with Crippen LogP contribution in [0.25, 0.3) is 10.2 Å². The average Bonchev–Trinajstić information content (AvgIpc) is 3.04. The number of benzene rings is 2. The van der Waals surface area contributed by atoms with Gasteiger partial charge in [-0.3, -0.25) is 9.59 Å². The largest absolute Gasteiger partial charge is 0.497 e. The van der Waals surface area contributed by atoms with Gasteiger partial charge in [-0.15, -0.1) is 0 Å². The van der Waals surface area contributed by atoms with Crippen LogP contribution in [0.4, 0.5) is 0 Å². The Balaban J connectivity index is 1.98. The fourth-order valence-electron chi connectivity index (χ4n) is 2.86. The maximum absolute atomic E-state index is 12.6. The van der Waals surface area contributed by atoms with E-state index in [-0.39, 0.29) is 31.4 Å². The quantitative estimate of drug-likeness (QED) is 0.556. The summed E-state index contributed by atoms with van der Waals surface area (Å²) in [7, 11) is 3.17. The average molecular weight is 414 g/mol. The summed E-state index contributed by atoms with van der Waals surface area (Å²) in [5.41, 5.74) is 1.59. The van der Waals surface area contributed by atoms with Crippen molar-refractivity contribution >= 4 is 33.4 Å². The van der Waals surface area contributed by atoms with Gasteiger partial charge in [-0.2, -0.15) is 4.99 Å². The van der Waals surface area contributed by atoms with Crippen molar-refractivity contribution in [2.45, 2.75) is 19.9 Å². The van der Waals surface area contributed by atoms with E-state index in [2.05, 4.69) is 4.99 Å². The first-order valence-corrected chi connectivity index (χ1v) is 9.89. The summed E-state index contributed by atoms with van der Waals surface area (Å²) in [5.74, 6) is 0.678. The third-order valence-corrected chi connectivity index (χ3v) is 5.23. The number of rotatable bonds is 7. The fourth-order valence-corrected chi connectivity index (χ4v) is 3.93. The second-order valence-electron chi connectivity index (χ2n) is 6.14. The predicted molar refractivity (Wildman–Crippen MR) is 110 cm³/mol. The molecule has 0 unspecified atom stereocenters. The summed E-state index contributed by atoms with van der Waals surface area (Å²) in [4.78, 5) is 29.4. The number of aromatic nitrogens is 1. The third-order valence-electron chi connectivity index (χ3n) is 4.19. The van der Waals surface area contributed by atoms with Crippen molar-refractivity contribution in [1.82, 2.24) is 4.57 Å². The van der Waals surface area contributed by atoms with Crippen molar-refractivity contribution < 1.29 is 23.8 Å². The van der Waals surface area contributed by atoms with Crippen molar-refractivity contribution in [3.8, 4) is 11.5 Å². The van der Waals surface area contributed by atoms with Crippen molar-refractivity contribution in [2.75, 3.05) is 20.8 Å². The molecule has 0 aliphatic rings. The molecule has 0 saturated heterocycles. The number of hydrogen-bond donors (Lipinski definition) is 0. The van der Waals surface area contributed by atoms with Crippen LogP contribution >= 0.6 is 11.3 Å². The first kappa shape index (κ1) is 20.6. The Hall–Kier alpha value is -3.13. The molecule has 1 heterocycles. The van der Waals surface area contributed by atoms with Gasteiger partial charge in [-0.1, -0.05) is 23.5 Å². The maximum atomic E-state index is 12.6. The minimum absolute atomic E-state index is 0.0224. The molecule has 1 aromatic heterocycles. The number of amides is 1. The van der Waals surface area contributed by atoms with E-state index in [0.29, 0.717) is 16.3 Å². The zero-order chi connectivity index (χ0) is 20.8. The normalized spacial score (nSPS) is 11.5. The summed E-state index contributed by atoms with van der Waals surface area (Å²) in [6.45, 7) is 2.02. The highest BCUT2D eigenvalue weighted by Gasteiger charge is 2.13. The molecule has 0 aliphatic carbocycles. The molecule has 1 amide bonds. The molecule has 0 radical (unpaired) electrons. The highest BCUT2D eigenvalue weighted by molar-refractivity contribution is 7.16. The van der Waals surface area contributed by atoms with Gasteiger partial charge in [0.25, 0.3) is 5.91 Å². The van der Waals surface area contributed by atoms with Gasteiger partial charge in [0.05, 0.1) is 37.5 Å². The van der Waals surface area contributed by atoms with E-state index in [1.54, 1.807) is 37.8 Å². The molecule has 0 N–H and O–H groups in total. The number of methoxy groups -OCH3 is 2. The minimum atomic E-state index is -0.385. The first-order valence-electron chi connectivity index (χ1n) is 9.07. The number of fused-ring (bicyclic) bond motifs is 1. The van der Waals surface area contributed by atoms with E-state index in [1.807, 2.05) is 30.3 Å². The van der Waals surface area contributed by atoms with E-state index < -0.39 is 0 Å². The van der Waals surface area contributed by atoms with Gasteiger partial charge in [-0.05, 0) is 42.8 Å². The molecule has 0 aliphatic heterocycles. The molecule has 3 rings (SSSR count). The molecule has 0 atom stereocenters. The molecule has 2 aromatic carbocycles. The molecule has 7 nitrogen and oxygen atoms in total. The molecular weight excluding hydrogens is 392 g/mol. The number of ether oxygens (including phenoxy) is 3. The summed E-state index contributed by atoms with van der Waals surface area (Å²) in [5, 5.41) is 0. The van der Waals surface area contributed by atoms with E-state index >= 15 is 0 Å². The molecule has 0 fully saturated rings. The monoisotopic (exact) mass is 414 g/mol. The van der Waals surface area contributed by atoms with Gasteiger partial charge < -0.3 is 18.8 Å². The van der Waals surface area contributed by atoms with Crippen LogP contribution in [0.1, 0.15) is 12.5 Å². The van der Waals surface area contributed by atoms with Crippen molar-refractivity contribution in [3.63, 3.8) is 0 Å². The highest BCUT2D eigenvalue weighted by atomic mass is 32.1. The SMILES string of the molecule is CCOC(=O)Cn1c(=NC(=O)Cc2cccc(OC)c2)sc2cc(OC)ccc21. The molecule has 0 saturated carbocycles. The third kappa shape index (κ3) is 5.03. The molecule has 3 aromatic rings. The lowest BCUT2D eigenvalue weighted by molar-refractivity contribution is -0.143. The Labute approximate surface area is 172 Å². The summed E-state index contributed by atoms with van der Waals surface area (Å²) >= 11 is 1.32. The van der Waals surface area contributed by atoms with E-state index in [1.165, 1.54) is 11.3 Å². The standard InChI is InChI=1S/C21H22N2O5S/c1-4-28-20(25)13-23-17-9-8-16(27-3)12-18(17)29-21(23)22-19(24)11-14-6-5-7-15(10-14)26-2/h5-10,12H,4,11,13H2,1-3H3. The Morgan fingerprint density at radius 2 is 1.83 bits per heavy atom. The molecule has 29 heavy (non-hydrogen) atoms. The van der Waals surface area contributed by atoms with Gasteiger partial charge in [0, 0.05) is 0 Å². The Bertz CT molecular complexity index is 1100. The van der Waals surface area contributed by atoms with Crippen molar-refractivity contribution in [3.05, 3.63) is 52.8 Å². The van der Waals surface area contributed by atoms with Crippen LogP contribution < -0.4 is 14.3 Å². The molecule has 0 bridgehead atoms. The lowest BCUT2D eigenvalue weighted by Gasteiger charge is -2.06. The summed E-state index contributed by atoms with van der Waals surface area (Å²) in [6.07, 6.45) is 0.133. The lowest BCUT2D eigenvalue weighted by Crippen LogP contribution is -2.23. The van der Waals surface area contributed by atoms with Crippen molar-refractivity contribution in [1.29, 1.82) is 0 Å². The van der Waals surface area contributed by atoms with Crippen LogP contribution in [0.15, 0.2) is 47.5 Å². The number of hydrogen-bond acceptors (Lipinski definition) is 6. The van der Waals surface area contributed by atoms with E-state index in [0.717, 1.165) is 15.8 Å². The van der Waals surface area contributed by atoms with Crippen LogP contribution in [0.5, 0.6) is 11.5 Å². The summed E-state index contributed by atoms with van der Waals surface area (Å²) in [6, 6.07) is 12.8. The zero-order valence-electron chi connectivity index (χ0n) is 16.5. The van der Waals surface area contributed by atoms with Gasteiger partial charge in [0.15, 0.2) is 4.80 Å². The number of carbonyl (C=O) groups is 2. The predicted octanol–water partition coefficient (Wildman–Crippen LogP) is 2.95. The van der Waals surface area contributed by atoms with Gasteiger partial charge >= 0.3 is 5.97 Å². The second-order valence-corrected chi connectivity index (χ2v) is 7.15. The Kier molecular flexibility index (Phi) is 6.66. The first-order chi connectivity index (χ1) is 14.0. The van der Waals surface area contributed by atoms with Crippen LogP contribution in [-0.4, -0.2) is 37.3 Å². The molecule has 152 valence electrons. The fraction of sp³-hybridized carbons (Fsp3) is 0.286. The summed E-state index contributed by atoms with van der Waals surface area (Å²) < 4.78 is 18.1. The zero-order valence-corrected chi connectivity index (χ0v) is 17.3. The Morgan fingerprint density at radius 1 is 1.07 bits per heavy atom. The Morgan fingerprint density at radius 3 is 2.55 bits per heavy atom.